The van der Waals surface area contributed by atoms with Crippen LogP contribution in [0.25, 0.3) is 0 Å². The van der Waals surface area contributed by atoms with Crippen LogP contribution in [0.2, 0.25) is 0 Å². The summed E-state index contributed by atoms with van der Waals surface area (Å²) in [7, 11) is 0. The van der Waals surface area contributed by atoms with Gasteiger partial charge in [0.25, 0.3) is 0 Å². The van der Waals surface area contributed by atoms with Crippen molar-refractivity contribution in [3.8, 4) is 11.5 Å². The smallest absolute Gasteiger partial charge is 0.161 e. The van der Waals surface area contributed by atoms with Gasteiger partial charge in [0.05, 0.1) is 6.10 Å². The Hall–Kier alpha value is -1.18. The third-order valence-electron chi connectivity index (χ3n) is 1.79. The fourth-order valence-corrected chi connectivity index (χ4v) is 1.14. The summed E-state index contributed by atoms with van der Waals surface area (Å²) in [5, 5.41) is 9.55. The number of hydrogen-bond acceptors (Lipinski definition) is 2. The normalized spacial score (nSPS) is 10.5. The molecule has 0 atom stereocenters. The Morgan fingerprint density at radius 2 is 2.08 bits per heavy atom. The van der Waals surface area contributed by atoms with E-state index in [0.717, 1.165) is 12.0 Å². The van der Waals surface area contributed by atoms with Crippen molar-refractivity contribution >= 4 is 0 Å². The molecule has 0 unspecified atom stereocenters. The first-order valence-corrected chi connectivity index (χ1v) is 4.62. The molecule has 0 saturated carbocycles. The highest BCUT2D eigenvalue weighted by molar-refractivity contribution is 5.41. The van der Waals surface area contributed by atoms with Gasteiger partial charge in [-0.15, -0.1) is 0 Å². The van der Waals surface area contributed by atoms with E-state index in [-0.39, 0.29) is 11.9 Å². The van der Waals surface area contributed by atoms with Crippen molar-refractivity contribution in [3.63, 3.8) is 0 Å². The fraction of sp³-hybridized carbons (Fsp3) is 0.455. The van der Waals surface area contributed by atoms with E-state index in [1.165, 1.54) is 0 Å². The van der Waals surface area contributed by atoms with E-state index in [2.05, 4.69) is 6.92 Å². The molecule has 2 nitrogen and oxygen atoms in total. The molecule has 2 heteroatoms. The first-order valence-electron chi connectivity index (χ1n) is 4.62. The lowest BCUT2D eigenvalue weighted by atomic mass is 10.1. The van der Waals surface area contributed by atoms with Crippen molar-refractivity contribution in [1.82, 2.24) is 0 Å². The summed E-state index contributed by atoms with van der Waals surface area (Å²) in [5.74, 6) is 0.792. The number of benzene rings is 1. The molecule has 0 aliphatic carbocycles. The third-order valence-corrected chi connectivity index (χ3v) is 1.79. The van der Waals surface area contributed by atoms with Gasteiger partial charge in [-0.25, -0.2) is 0 Å². The van der Waals surface area contributed by atoms with Gasteiger partial charge in [-0.3, -0.25) is 0 Å². The average Bonchev–Trinajstić information content (AvgIpc) is 2.08. The van der Waals surface area contributed by atoms with E-state index >= 15 is 0 Å². The van der Waals surface area contributed by atoms with Crippen LogP contribution < -0.4 is 4.74 Å². The maximum absolute atomic E-state index is 9.55. The molecule has 0 spiro atoms. The maximum atomic E-state index is 9.55. The molecular formula is C11H16O2. The molecule has 0 heterocycles. The zero-order valence-corrected chi connectivity index (χ0v) is 8.37. The number of rotatable bonds is 3. The minimum atomic E-state index is 0.0957. The van der Waals surface area contributed by atoms with Crippen molar-refractivity contribution in [1.29, 1.82) is 0 Å². The zero-order chi connectivity index (χ0) is 9.84. The topological polar surface area (TPSA) is 29.5 Å². The summed E-state index contributed by atoms with van der Waals surface area (Å²) >= 11 is 0. The van der Waals surface area contributed by atoms with Crippen LogP contribution in [-0.4, -0.2) is 11.2 Å². The van der Waals surface area contributed by atoms with Gasteiger partial charge in [-0.1, -0.05) is 13.0 Å². The lowest BCUT2D eigenvalue weighted by molar-refractivity contribution is 0.232. The Bertz CT molecular complexity index is 279. The molecule has 72 valence electrons. The first kappa shape index (κ1) is 9.90. The molecule has 1 rings (SSSR count). The molecule has 1 N–H and O–H groups in total. The van der Waals surface area contributed by atoms with E-state index in [1.54, 1.807) is 6.07 Å². The van der Waals surface area contributed by atoms with Gasteiger partial charge in [0.15, 0.2) is 11.5 Å². The second kappa shape index (κ2) is 4.17. The summed E-state index contributed by atoms with van der Waals surface area (Å²) < 4.78 is 5.39. The minimum absolute atomic E-state index is 0.0957. The molecule has 0 bridgehead atoms. The third kappa shape index (κ3) is 2.65. The SMILES string of the molecule is CCc1ccc(OC(C)C)c(O)c1. The molecule has 0 radical (unpaired) electrons. The lowest BCUT2D eigenvalue weighted by Gasteiger charge is -2.11. The maximum Gasteiger partial charge on any atom is 0.161 e. The van der Waals surface area contributed by atoms with E-state index in [9.17, 15) is 5.11 Å². The number of phenolic OH excluding ortho intramolecular Hbond substituents is 1. The van der Waals surface area contributed by atoms with Crippen molar-refractivity contribution < 1.29 is 9.84 Å². The molecule has 0 aromatic heterocycles. The van der Waals surface area contributed by atoms with Crippen LogP contribution in [0.5, 0.6) is 11.5 Å². The summed E-state index contributed by atoms with van der Waals surface area (Å²) in [6, 6.07) is 5.53. The minimum Gasteiger partial charge on any atom is -0.504 e. The second-order valence-corrected chi connectivity index (χ2v) is 3.32. The highest BCUT2D eigenvalue weighted by atomic mass is 16.5. The van der Waals surface area contributed by atoms with Crippen LogP contribution in [0.4, 0.5) is 0 Å². The number of ether oxygens (including phenoxy) is 1. The molecule has 13 heavy (non-hydrogen) atoms. The van der Waals surface area contributed by atoms with Crippen LogP contribution in [-0.2, 0) is 6.42 Å². The molecule has 0 fully saturated rings. The van der Waals surface area contributed by atoms with Crippen LogP contribution in [0, 0.1) is 0 Å². The molecule has 0 aliphatic heterocycles. The number of phenols is 1. The predicted octanol–water partition coefficient (Wildman–Crippen LogP) is 2.74. The summed E-state index contributed by atoms with van der Waals surface area (Å²) in [5.41, 5.74) is 1.12. The Labute approximate surface area is 79.2 Å². The Morgan fingerprint density at radius 1 is 1.38 bits per heavy atom. The Kier molecular flexibility index (Phi) is 3.18. The van der Waals surface area contributed by atoms with Gasteiger partial charge in [0.2, 0.25) is 0 Å². The van der Waals surface area contributed by atoms with Gasteiger partial charge in [-0.05, 0) is 38.0 Å². The highest BCUT2D eigenvalue weighted by Crippen LogP contribution is 2.27. The Balaban J connectivity index is 2.85. The average molecular weight is 180 g/mol. The standard InChI is InChI=1S/C11H16O2/c1-4-9-5-6-11(10(12)7-9)13-8(2)3/h5-8,12H,4H2,1-3H3. The first-order chi connectivity index (χ1) is 6.13. The highest BCUT2D eigenvalue weighted by Gasteiger charge is 2.04. The molecule has 0 saturated heterocycles. The monoisotopic (exact) mass is 180 g/mol. The second-order valence-electron chi connectivity index (χ2n) is 3.32. The van der Waals surface area contributed by atoms with Gasteiger partial charge < -0.3 is 9.84 Å². The van der Waals surface area contributed by atoms with Crippen LogP contribution in [0.3, 0.4) is 0 Å². The Morgan fingerprint density at radius 3 is 2.54 bits per heavy atom. The predicted molar refractivity (Wildman–Crippen MR) is 53.2 cm³/mol. The lowest BCUT2D eigenvalue weighted by Crippen LogP contribution is -2.05. The van der Waals surface area contributed by atoms with E-state index in [4.69, 9.17) is 4.74 Å². The van der Waals surface area contributed by atoms with Crippen LogP contribution in [0.15, 0.2) is 18.2 Å². The molecule has 1 aromatic rings. The van der Waals surface area contributed by atoms with Gasteiger partial charge in [0, 0.05) is 0 Å². The van der Waals surface area contributed by atoms with Gasteiger partial charge in [-0.2, -0.15) is 0 Å². The van der Waals surface area contributed by atoms with Crippen molar-refractivity contribution in [3.05, 3.63) is 23.8 Å². The molecule has 0 aliphatic rings. The zero-order valence-electron chi connectivity index (χ0n) is 8.37. The van der Waals surface area contributed by atoms with Gasteiger partial charge >= 0.3 is 0 Å². The van der Waals surface area contributed by atoms with E-state index < -0.39 is 0 Å². The summed E-state index contributed by atoms with van der Waals surface area (Å²) in [6.07, 6.45) is 1.02. The quantitative estimate of drug-likeness (QED) is 0.775. The molecule has 1 aromatic carbocycles. The van der Waals surface area contributed by atoms with Crippen molar-refractivity contribution in [2.45, 2.75) is 33.3 Å². The molecule has 0 amide bonds. The van der Waals surface area contributed by atoms with E-state index in [0.29, 0.717) is 5.75 Å². The fourth-order valence-electron chi connectivity index (χ4n) is 1.14. The number of aryl methyl sites for hydroxylation is 1. The van der Waals surface area contributed by atoms with Crippen molar-refractivity contribution in [2.75, 3.05) is 0 Å². The van der Waals surface area contributed by atoms with E-state index in [1.807, 2.05) is 26.0 Å². The van der Waals surface area contributed by atoms with Crippen LogP contribution >= 0.6 is 0 Å². The van der Waals surface area contributed by atoms with Crippen LogP contribution in [0.1, 0.15) is 26.3 Å². The summed E-state index contributed by atoms with van der Waals surface area (Å²) in [6.45, 7) is 5.93. The van der Waals surface area contributed by atoms with Gasteiger partial charge in [0.1, 0.15) is 0 Å². The molecular weight excluding hydrogens is 164 g/mol. The largest absolute Gasteiger partial charge is 0.504 e. The van der Waals surface area contributed by atoms with Crippen molar-refractivity contribution in [2.24, 2.45) is 0 Å². The number of aromatic hydroxyl groups is 1. The number of hydrogen-bond donors (Lipinski definition) is 1. The summed E-state index contributed by atoms with van der Waals surface area (Å²) in [4.78, 5) is 0.